The molecule has 0 radical (unpaired) electrons. The summed E-state index contributed by atoms with van der Waals surface area (Å²) in [5.74, 6) is 1.17. The summed E-state index contributed by atoms with van der Waals surface area (Å²) >= 11 is 1.86. The largest absolute Gasteiger partial charge is 0.314 e. The van der Waals surface area contributed by atoms with Crippen molar-refractivity contribution in [1.29, 1.82) is 0 Å². The van der Waals surface area contributed by atoms with Crippen LogP contribution in [-0.4, -0.2) is 48.4 Å². The molecule has 88 valence electrons. The van der Waals surface area contributed by atoms with Gasteiger partial charge in [-0.3, -0.25) is 0 Å². The van der Waals surface area contributed by atoms with E-state index < -0.39 is 0 Å². The molecule has 0 saturated carbocycles. The maximum absolute atomic E-state index is 4.30. The van der Waals surface area contributed by atoms with Gasteiger partial charge in [0.2, 0.25) is 0 Å². The molecule has 1 saturated heterocycles. The van der Waals surface area contributed by atoms with Crippen LogP contribution in [0.1, 0.15) is 6.42 Å². The van der Waals surface area contributed by atoms with Crippen molar-refractivity contribution in [3.63, 3.8) is 0 Å². The molecular weight excluding hydrogens is 218 g/mol. The Balaban J connectivity index is 1.58. The van der Waals surface area contributed by atoms with Gasteiger partial charge in [-0.15, -0.1) is 11.8 Å². The first kappa shape index (κ1) is 11.9. The Kier molecular flexibility index (Phi) is 5.12. The molecule has 4 heteroatoms. The van der Waals surface area contributed by atoms with E-state index in [1.807, 2.05) is 30.1 Å². The second kappa shape index (κ2) is 6.89. The average Bonchev–Trinajstić information content (AvgIpc) is 2.37. The van der Waals surface area contributed by atoms with E-state index in [0.717, 1.165) is 18.1 Å². The maximum atomic E-state index is 4.30. The van der Waals surface area contributed by atoms with Crippen molar-refractivity contribution >= 4 is 11.8 Å². The Morgan fingerprint density at radius 1 is 1.31 bits per heavy atom. The number of nitrogens with one attached hydrogen (secondary N) is 1. The van der Waals surface area contributed by atoms with E-state index in [4.69, 9.17) is 0 Å². The van der Waals surface area contributed by atoms with Gasteiger partial charge in [0.1, 0.15) is 0 Å². The third-order valence-corrected chi connectivity index (χ3v) is 3.75. The normalized spacial score (nSPS) is 17.5. The quantitative estimate of drug-likeness (QED) is 0.620. The fourth-order valence-electron chi connectivity index (χ4n) is 1.83. The van der Waals surface area contributed by atoms with E-state index in [1.54, 1.807) is 0 Å². The van der Waals surface area contributed by atoms with Gasteiger partial charge in [0, 0.05) is 38.1 Å². The predicted molar refractivity (Wildman–Crippen MR) is 68.9 cm³/mol. The van der Waals surface area contributed by atoms with Crippen molar-refractivity contribution in [2.75, 3.05) is 38.5 Å². The number of rotatable bonds is 5. The molecule has 3 nitrogen and oxygen atoms in total. The molecular formula is C12H19N3S. The van der Waals surface area contributed by atoms with E-state index in [1.165, 1.54) is 31.8 Å². The summed E-state index contributed by atoms with van der Waals surface area (Å²) in [6.07, 6.45) is 3.11. The highest BCUT2D eigenvalue weighted by Gasteiger charge is 2.08. The molecule has 0 unspecified atom stereocenters. The first-order valence-corrected chi connectivity index (χ1v) is 6.90. The number of hydrogen-bond acceptors (Lipinski definition) is 4. The van der Waals surface area contributed by atoms with Crippen LogP contribution in [0.5, 0.6) is 0 Å². The van der Waals surface area contributed by atoms with Crippen LogP contribution in [0.3, 0.4) is 0 Å². The molecule has 1 fully saturated rings. The van der Waals surface area contributed by atoms with Crippen LogP contribution in [0.25, 0.3) is 0 Å². The molecule has 2 rings (SSSR count). The van der Waals surface area contributed by atoms with Crippen LogP contribution in [0.2, 0.25) is 0 Å². The Morgan fingerprint density at radius 3 is 2.94 bits per heavy atom. The molecule has 1 aliphatic heterocycles. The zero-order chi connectivity index (χ0) is 11.1. The number of aromatic nitrogens is 1. The molecule has 0 amide bonds. The summed E-state index contributed by atoms with van der Waals surface area (Å²) in [6, 6.07) is 6.09. The summed E-state index contributed by atoms with van der Waals surface area (Å²) in [6.45, 7) is 5.92. The van der Waals surface area contributed by atoms with Crippen LogP contribution in [-0.2, 0) is 0 Å². The van der Waals surface area contributed by atoms with E-state index >= 15 is 0 Å². The molecule has 1 aromatic rings. The van der Waals surface area contributed by atoms with Gasteiger partial charge >= 0.3 is 0 Å². The van der Waals surface area contributed by atoms with E-state index in [9.17, 15) is 0 Å². The second-order valence-corrected chi connectivity index (χ2v) is 5.08. The molecule has 1 N–H and O–H groups in total. The van der Waals surface area contributed by atoms with E-state index in [2.05, 4.69) is 21.3 Å². The smallest absolute Gasteiger partial charge is 0.0959 e. The molecule has 0 aliphatic carbocycles. The first-order valence-electron chi connectivity index (χ1n) is 5.92. The molecule has 0 aromatic carbocycles. The highest BCUT2D eigenvalue weighted by atomic mass is 32.2. The molecule has 0 bridgehead atoms. The van der Waals surface area contributed by atoms with Crippen LogP contribution >= 0.6 is 11.8 Å². The number of thioether (sulfide) groups is 1. The fourth-order valence-corrected chi connectivity index (χ4v) is 2.62. The van der Waals surface area contributed by atoms with Crippen molar-refractivity contribution in [1.82, 2.24) is 15.2 Å². The predicted octanol–water partition coefficient (Wildman–Crippen LogP) is 1.47. The first-order chi connectivity index (χ1) is 7.95. The van der Waals surface area contributed by atoms with Gasteiger partial charge in [-0.1, -0.05) is 6.07 Å². The molecule has 0 atom stereocenters. The van der Waals surface area contributed by atoms with Crippen molar-refractivity contribution in [3.8, 4) is 0 Å². The lowest BCUT2D eigenvalue weighted by Crippen LogP contribution is -2.43. The lowest BCUT2D eigenvalue weighted by Gasteiger charge is -2.26. The standard InChI is InChI=1S/C12H19N3S/c1-2-5-14-12(4-1)16-11-3-8-15-9-6-13-7-10-15/h1-2,4-5,13H,3,6-11H2. The number of piperazine rings is 1. The van der Waals surface area contributed by atoms with Gasteiger partial charge in [0.05, 0.1) is 5.03 Å². The lowest BCUT2D eigenvalue weighted by molar-refractivity contribution is 0.242. The Labute approximate surface area is 102 Å². The minimum Gasteiger partial charge on any atom is -0.314 e. The Hall–Kier alpha value is -0.580. The zero-order valence-corrected chi connectivity index (χ0v) is 10.4. The molecule has 16 heavy (non-hydrogen) atoms. The van der Waals surface area contributed by atoms with Crippen molar-refractivity contribution in [2.45, 2.75) is 11.4 Å². The van der Waals surface area contributed by atoms with Crippen LogP contribution < -0.4 is 5.32 Å². The summed E-state index contributed by atoms with van der Waals surface area (Å²) in [5, 5.41) is 4.52. The van der Waals surface area contributed by atoms with Gasteiger partial charge in [0.25, 0.3) is 0 Å². The maximum Gasteiger partial charge on any atom is 0.0959 e. The SMILES string of the molecule is c1ccc(SCCCN2CCNCC2)nc1. The molecule has 0 spiro atoms. The lowest BCUT2D eigenvalue weighted by atomic mass is 10.3. The summed E-state index contributed by atoms with van der Waals surface area (Å²) < 4.78 is 0. The molecule has 1 aliphatic rings. The van der Waals surface area contributed by atoms with Gasteiger partial charge in [-0.05, 0) is 25.1 Å². The van der Waals surface area contributed by atoms with E-state index in [-0.39, 0.29) is 0 Å². The van der Waals surface area contributed by atoms with Crippen molar-refractivity contribution < 1.29 is 0 Å². The van der Waals surface area contributed by atoms with Crippen molar-refractivity contribution in [3.05, 3.63) is 24.4 Å². The fraction of sp³-hybridized carbons (Fsp3) is 0.583. The van der Waals surface area contributed by atoms with Gasteiger partial charge in [-0.2, -0.15) is 0 Å². The van der Waals surface area contributed by atoms with Crippen molar-refractivity contribution in [2.24, 2.45) is 0 Å². The topological polar surface area (TPSA) is 28.2 Å². The summed E-state index contributed by atoms with van der Waals surface area (Å²) in [5.41, 5.74) is 0. The Bertz CT molecular complexity index is 286. The monoisotopic (exact) mass is 237 g/mol. The molecule has 1 aromatic heterocycles. The number of nitrogens with zero attached hydrogens (tertiary/aromatic N) is 2. The van der Waals surface area contributed by atoms with E-state index in [0.29, 0.717) is 0 Å². The Morgan fingerprint density at radius 2 is 2.19 bits per heavy atom. The number of hydrogen-bond donors (Lipinski definition) is 1. The number of pyridine rings is 1. The minimum absolute atomic E-state index is 1.14. The van der Waals surface area contributed by atoms with Crippen LogP contribution in [0.4, 0.5) is 0 Å². The van der Waals surface area contributed by atoms with Gasteiger partial charge in [0.15, 0.2) is 0 Å². The van der Waals surface area contributed by atoms with Gasteiger partial charge in [-0.25, -0.2) is 4.98 Å². The van der Waals surface area contributed by atoms with Crippen LogP contribution in [0, 0.1) is 0 Å². The summed E-state index contributed by atoms with van der Waals surface area (Å²) in [7, 11) is 0. The third-order valence-electron chi connectivity index (χ3n) is 2.72. The second-order valence-electron chi connectivity index (χ2n) is 3.96. The third kappa shape index (κ3) is 4.12. The summed E-state index contributed by atoms with van der Waals surface area (Å²) in [4.78, 5) is 6.84. The zero-order valence-electron chi connectivity index (χ0n) is 9.56. The highest BCUT2D eigenvalue weighted by molar-refractivity contribution is 7.99. The minimum atomic E-state index is 1.14. The van der Waals surface area contributed by atoms with Gasteiger partial charge < -0.3 is 10.2 Å². The molecule has 2 heterocycles. The highest BCUT2D eigenvalue weighted by Crippen LogP contribution is 2.14. The average molecular weight is 237 g/mol. The van der Waals surface area contributed by atoms with Crippen LogP contribution in [0.15, 0.2) is 29.4 Å².